The fraction of sp³-hybridized carbons (Fsp3) is 0.417. The van der Waals surface area contributed by atoms with E-state index in [4.69, 9.17) is 9.84 Å². The number of carboxylic acids is 1. The Morgan fingerprint density at radius 2 is 1.81 bits per heavy atom. The van der Waals surface area contributed by atoms with Gasteiger partial charge in [0.05, 0.1) is 0 Å². The van der Waals surface area contributed by atoms with E-state index >= 15 is 0 Å². The highest BCUT2D eigenvalue weighted by Crippen LogP contribution is 2.18. The van der Waals surface area contributed by atoms with Crippen LogP contribution in [-0.2, 0) is 4.79 Å². The minimum atomic E-state index is -0.965. The highest BCUT2D eigenvalue weighted by atomic mass is 16.5. The maximum atomic E-state index is 10.3. The Bertz CT molecular complexity index is 331. The van der Waals surface area contributed by atoms with Crippen LogP contribution in [0.1, 0.15) is 13.8 Å². The molecular formula is C12H17NO3. The molecule has 4 nitrogen and oxygen atoms in total. The van der Waals surface area contributed by atoms with Gasteiger partial charge in [0.1, 0.15) is 5.75 Å². The zero-order chi connectivity index (χ0) is 12.0. The van der Waals surface area contributed by atoms with Crippen molar-refractivity contribution in [3.8, 4) is 5.75 Å². The molecule has 1 rings (SSSR count). The number of benzene rings is 1. The molecule has 0 aliphatic carbocycles. The standard InChI is InChI=1S/C12H17NO3/c1-3-13(4-2)10-5-7-11(8-6-10)16-9-12(14)15/h5-8H,3-4,9H2,1-2H3,(H,14,15). The van der Waals surface area contributed by atoms with Crippen LogP contribution in [0, 0.1) is 0 Å². The largest absolute Gasteiger partial charge is 0.482 e. The maximum Gasteiger partial charge on any atom is 0.341 e. The molecule has 0 saturated heterocycles. The van der Waals surface area contributed by atoms with E-state index in [2.05, 4.69) is 18.7 Å². The summed E-state index contributed by atoms with van der Waals surface area (Å²) >= 11 is 0. The van der Waals surface area contributed by atoms with Gasteiger partial charge in [-0.25, -0.2) is 4.79 Å². The zero-order valence-corrected chi connectivity index (χ0v) is 9.64. The molecule has 16 heavy (non-hydrogen) atoms. The van der Waals surface area contributed by atoms with Gasteiger partial charge in [0, 0.05) is 18.8 Å². The third-order valence-corrected chi connectivity index (χ3v) is 2.33. The van der Waals surface area contributed by atoms with Gasteiger partial charge in [-0.3, -0.25) is 0 Å². The molecule has 0 aliphatic heterocycles. The summed E-state index contributed by atoms with van der Waals surface area (Å²) < 4.78 is 5.05. The van der Waals surface area contributed by atoms with Crippen molar-refractivity contribution < 1.29 is 14.6 Å². The minimum absolute atomic E-state index is 0.301. The molecular weight excluding hydrogens is 206 g/mol. The number of nitrogens with zero attached hydrogens (tertiary/aromatic N) is 1. The van der Waals surface area contributed by atoms with Crippen molar-refractivity contribution in [2.45, 2.75) is 13.8 Å². The Morgan fingerprint density at radius 3 is 2.25 bits per heavy atom. The van der Waals surface area contributed by atoms with Crippen LogP contribution in [0.15, 0.2) is 24.3 Å². The Kier molecular flexibility index (Phi) is 4.64. The average molecular weight is 223 g/mol. The SMILES string of the molecule is CCN(CC)c1ccc(OCC(=O)O)cc1. The number of anilines is 1. The van der Waals surface area contributed by atoms with Crippen LogP contribution in [0.2, 0.25) is 0 Å². The molecule has 1 N–H and O–H groups in total. The summed E-state index contributed by atoms with van der Waals surface area (Å²) in [6.07, 6.45) is 0. The predicted molar refractivity (Wildman–Crippen MR) is 63.1 cm³/mol. The Morgan fingerprint density at radius 1 is 1.25 bits per heavy atom. The summed E-state index contributed by atoms with van der Waals surface area (Å²) in [5, 5.41) is 8.46. The molecule has 88 valence electrons. The quantitative estimate of drug-likeness (QED) is 0.801. The van der Waals surface area contributed by atoms with E-state index in [1.807, 2.05) is 12.1 Å². The number of ether oxygens (including phenoxy) is 1. The number of carboxylic acid groups (broad SMARTS) is 1. The van der Waals surface area contributed by atoms with Crippen molar-refractivity contribution in [3.05, 3.63) is 24.3 Å². The summed E-state index contributed by atoms with van der Waals surface area (Å²) in [7, 11) is 0. The van der Waals surface area contributed by atoms with Crippen molar-refractivity contribution in [2.75, 3.05) is 24.6 Å². The topological polar surface area (TPSA) is 49.8 Å². The number of rotatable bonds is 6. The van der Waals surface area contributed by atoms with Gasteiger partial charge in [0.2, 0.25) is 0 Å². The van der Waals surface area contributed by atoms with E-state index in [-0.39, 0.29) is 6.61 Å². The van der Waals surface area contributed by atoms with Gasteiger partial charge in [-0.1, -0.05) is 0 Å². The number of hydrogen-bond donors (Lipinski definition) is 1. The van der Waals surface area contributed by atoms with Gasteiger partial charge in [0.15, 0.2) is 6.61 Å². The van der Waals surface area contributed by atoms with Gasteiger partial charge in [0.25, 0.3) is 0 Å². The van der Waals surface area contributed by atoms with Gasteiger partial charge < -0.3 is 14.7 Å². The first-order valence-electron chi connectivity index (χ1n) is 5.37. The molecule has 0 saturated carbocycles. The number of carbonyl (C=O) groups is 1. The number of hydrogen-bond acceptors (Lipinski definition) is 3. The lowest BCUT2D eigenvalue weighted by Crippen LogP contribution is -2.21. The molecule has 4 heteroatoms. The Hall–Kier alpha value is -1.71. The molecule has 0 heterocycles. The molecule has 0 spiro atoms. The van der Waals surface area contributed by atoms with E-state index in [9.17, 15) is 4.79 Å². The molecule has 0 amide bonds. The van der Waals surface area contributed by atoms with Crippen LogP contribution in [0.3, 0.4) is 0 Å². The smallest absolute Gasteiger partial charge is 0.341 e. The fourth-order valence-electron chi connectivity index (χ4n) is 1.49. The Balaban J connectivity index is 2.63. The van der Waals surface area contributed by atoms with Gasteiger partial charge >= 0.3 is 5.97 Å². The molecule has 0 aliphatic rings. The average Bonchev–Trinajstić information content (AvgIpc) is 2.29. The molecule has 1 aromatic carbocycles. The van der Waals surface area contributed by atoms with Crippen LogP contribution in [0.4, 0.5) is 5.69 Å². The third kappa shape index (κ3) is 3.46. The van der Waals surface area contributed by atoms with E-state index in [0.717, 1.165) is 18.8 Å². The lowest BCUT2D eigenvalue weighted by molar-refractivity contribution is -0.139. The van der Waals surface area contributed by atoms with Crippen LogP contribution >= 0.6 is 0 Å². The van der Waals surface area contributed by atoms with E-state index < -0.39 is 5.97 Å². The summed E-state index contributed by atoms with van der Waals surface area (Å²) in [4.78, 5) is 12.5. The molecule has 0 unspecified atom stereocenters. The van der Waals surface area contributed by atoms with E-state index in [1.54, 1.807) is 12.1 Å². The Labute approximate surface area is 95.5 Å². The van der Waals surface area contributed by atoms with Crippen molar-refractivity contribution in [1.29, 1.82) is 0 Å². The minimum Gasteiger partial charge on any atom is -0.482 e. The second-order valence-electron chi connectivity index (χ2n) is 3.35. The summed E-state index contributed by atoms with van der Waals surface area (Å²) in [5.74, 6) is -0.383. The van der Waals surface area contributed by atoms with Gasteiger partial charge in [-0.05, 0) is 38.1 Å². The van der Waals surface area contributed by atoms with Crippen LogP contribution in [-0.4, -0.2) is 30.8 Å². The van der Waals surface area contributed by atoms with Crippen molar-refractivity contribution >= 4 is 11.7 Å². The summed E-state index contributed by atoms with van der Waals surface area (Å²) in [5.41, 5.74) is 1.12. The first-order valence-corrected chi connectivity index (χ1v) is 5.37. The monoisotopic (exact) mass is 223 g/mol. The zero-order valence-electron chi connectivity index (χ0n) is 9.64. The predicted octanol–water partition coefficient (Wildman–Crippen LogP) is 2.00. The normalized spacial score (nSPS) is 9.88. The lowest BCUT2D eigenvalue weighted by Gasteiger charge is -2.21. The summed E-state index contributed by atoms with van der Waals surface area (Å²) in [6.45, 7) is 5.79. The fourth-order valence-corrected chi connectivity index (χ4v) is 1.49. The van der Waals surface area contributed by atoms with Crippen molar-refractivity contribution in [2.24, 2.45) is 0 Å². The lowest BCUT2D eigenvalue weighted by atomic mass is 10.2. The highest BCUT2D eigenvalue weighted by molar-refractivity contribution is 5.68. The van der Waals surface area contributed by atoms with E-state index in [0.29, 0.717) is 5.75 Å². The number of aliphatic carboxylic acids is 1. The maximum absolute atomic E-state index is 10.3. The summed E-state index contributed by atoms with van der Waals surface area (Å²) in [6, 6.07) is 7.45. The van der Waals surface area contributed by atoms with E-state index in [1.165, 1.54) is 0 Å². The molecule has 0 bridgehead atoms. The van der Waals surface area contributed by atoms with Crippen LogP contribution < -0.4 is 9.64 Å². The molecule has 0 atom stereocenters. The second kappa shape index (κ2) is 6.00. The second-order valence-corrected chi connectivity index (χ2v) is 3.35. The van der Waals surface area contributed by atoms with Crippen LogP contribution in [0.25, 0.3) is 0 Å². The van der Waals surface area contributed by atoms with Crippen LogP contribution in [0.5, 0.6) is 5.75 Å². The van der Waals surface area contributed by atoms with Gasteiger partial charge in [-0.15, -0.1) is 0 Å². The first-order chi connectivity index (χ1) is 7.67. The molecule has 1 aromatic rings. The molecule has 0 fully saturated rings. The molecule has 0 aromatic heterocycles. The first kappa shape index (κ1) is 12.4. The molecule has 0 radical (unpaired) electrons. The third-order valence-electron chi connectivity index (χ3n) is 2.33. The van der Waals surface area contributed by atoms with Crippen molar-refractivity contribution in [3.63, 3.8) is 0 Å². The van der Waals surface area contributed by atoms with Gasteiger partial charge in [-0.2, -0.15) is 0 Å². The highest BCUT2D eigenvalue weighted by Gasteiger charge is 2.02. The van der Waals surface area contributed by atoms with Crippen molar-refractivity contribution in [1.82, 2.24) is 0 Å².